The van der Waals surface area contributed by atoms with Gasteiger partial charge in [0, 0.05) is 6.21 Å². The monoisotopic (exact) mass is 244 g/mol. The first-order chi connectivity index (χ1) is 7.52. The van der Waals surface area contributed by atoms with E-state index in [0.29, 0.717) is 24.0 Å². The molecule has 2 N–H and O–H groups in total. The first kappa shape index (κ1) is 15.0. The summed E-state index contributed by atoms with van der Waals surface area (Å²) in [6.45, 7) is 10.2. The molecule has 0 aromatic heterocycles. The van der Waals surface area contributed by atoms with E-state index in [4.69, 9.17) is 22.1 Å². The molecule has 0 saturated heterocycles. The van der Waals surface area contributed by atoms with Crippen LogP contribution in [0.1, 0.15) is 33.6 Å². The SMILES string of the molecule is C=C(N)/C(OC[C@@H](C)CCC)=C(/Cl)N=CC. The first-order valence-electron chi connectivity index (χ1n) is 5.48. The average Bonchev–Trinajstić information content (AvgIpc) is 2.18. The number of rotatable bonds is 7. The molecule has 0 aliphatic rings. The van der Waals surface area contributed by atoms with Crippen LogP contribution >= 0.6 is 11.6 Å². The van der Waals surface area contributed by atoms with Gasteiger partial charge in [-0.2, -0.15) is 0 Å². The Morgan fingerprint density at radius 2 is 2.25 bits per heavy atom. The largest absolute Gasteiger partial charge is 0.488 e. The predicted octanol–water partition coefficient (Wildman–Crippen LogP) is 3.41. The molecule has 0 radical (unpaired) electrons. The maximum Gasteiger partial charge on any atom is 0.178 e. The summed E-state index contributed by atoms with van der Waals surface area (Å²) in [5, 5.41) is 0.249. The normalized spacial score (nSPS) is 14.8. The Morgan fingerprint density at radius 1 is 1.62 bits per heavy atom. The van der Waals surface area contributed by atoms with E-state index >= 15 is 0 Å². The second kappa shape index (κ2) is 8.22. The molecule has 16 heavy (non-hydrogen) atoms. The summed E-state index contributed by atoms with van der Waals surface area (Å²) in [6, 6.07) is 0. The summed E-state index contributed by atoms with van der Waals surface area (Å²) >= 11 is 5.92. The molecule has 0 heterocycles. The van der Waals surface area contributed by atoms with Crippen LogP contribution in [0.25, 0.3) is 0 Å². The van der Waals surface area contributed by atoms with E-state index in [1.165, 1.54) is 0 Å². The molecule has 0 fully saturated rings. The number of halogens is 1. The van der Waals surface area contributed by atoms with Gasteiger partial charge in [0.1, 0.15) is 0 Å². The standard InChI is InChI=1S/C12H21ClN2O/c1-5-7-9(3)8-16-11(10(4)14)12(13)15-6-2/h6,9H,4-5,7-8,14H2,1-3H3/b12-11+,15-6?/t9-/m0/s1. The molecule has 0 aliphatic heterocycles. The first-order valence-corrected chi connectivity index (χ1v) is 5.86. The smallest absolute Gasteiger partial charge is 0.178 e. The maximum absolute atomic E-state index is 5.92. The van der Waals surface area contributed by atoms with Crippen LogP contribution in [0.3, 0.4) is 0 Å². The Hall–Kier alpha value is -0.960. The zero-order valence-electron chi connectivity index (χ0n) is 10.3. The highest BCUT2D eigenvalue weighted by Crippen LogP contribution is 2.18. The Labute approximate surface area is 103 Å². The van der Waals surface area contributed by atoms with Crippen LogP contribution in [0.15, 0.2) is 28.2 Å². The number of hydrogen-bond acceptors (Lipinski definition) is 3. The zero-order valence-corrected chi connectivity index (χ0v) is 11.0. The Kier molecular flexibility index (Phi) is 7.73. The van der Waals surface area contributed by atoms with Crippen LogP contribution in [0.2, 0.25) is 0 Å². The highest BCUT2D eigenvalue weighted by atomic mass is 35.5. The molecule has 1 atom stereocenters. The number of nitrogens with two attached hydrogens (primary N) is 1. The Morgan fingerprint density at radius 3 is 2.69 bits per heavy atom. The van der Waals surface area contributed by atoms with Gasteiger partial charge in [-0.05, 0) is 19.3 Å². The third-order valence-corrected chi connectivity index (χ3v) is 2.28. The van der Waals surface area contributed by atoms with Crippen molar-refractivity contribution in [1.29, 1.82) is 0 Å². The second-order valence-corrected chi connectivity index (χ2v) is 4.10. The topological polar surface area (TPSA) is 47.6 Å². The summed E-state index contributed by atoms with van der Waals surface area (Å²) in [4.78, 5) is 3.92. The molecule has 0 rings (SSSR count). The zero-order chi connectivity index (χ0) is 12.6. The molecule has 3 nitrogen and oxygen atoms in total. The predicted molar refractivity (Wildman–Crippen MR) is 70.4 cm³/mol. The van der Waals surface area contributed by atoms with E-state index in [0.717, 1.165) is 12.8 Å². The minimum absolute atomic E-state index is 0.249. The van der Waals surface area contributed by atoms with Crippen LogP contribution in [-0.2, 0) is 4.74 Å². The molecule has 0 saturated carbocycles. The molecule has 0 spiro atoms. The lowest BCUT2D eigenvalue weighted by Gasteiger charge is -2.14. The van der Waals surface area contributed by atoms with Crippen molar-refractivity contribution in [1.82, 2.24) is 0 Å². The third-order valence-electron chi connectivity index (χ3n) is 2.02. The fraction of sp³-hybridized carbons (Fsp3) is 0.583. The number of hydrogen-bond donors (Lipinski definition) is 1. The van der Waals surface area contributed by atoms with Gasteiger partial charge in [0.2, 0.25) is 0 Å². The number of aliphatic imine (C=N–C) groups is 1. The molecular formula is C12H21ClN2O. The Bertz CT molecular complexity index is 285. The highest BCUT2D eigenvalue weighted by molar-refractivity contribution is 6.30. The van der Waals surface area contributed by atoms with Crippen LogP contribution < -0.4 is 5.73 Å². The van der Waals surface area contributed by atoms with Crippen LogP contribution in [0.4, 0.5) is 0 Å². The van der Waals surface area contributed by atoms with Gasteiger partial charge >= 0.3 is 0 Å². The minimum Gasteiger partial charge on any atom is -0.488 e. The molecule has 0 bridgehead atoms. The van der Waals surface area contributed by atoms with Crippen molar-refractivity contribution in [2.24, 2.45) is 16.6 Å². The summed E-state index contributed by atoms with van der Waals surface area (Å²) in [7, 11) is 0. The van der Waals surface area contributed by atoms with E-state index in [-0.39, 0.29) is 5.16 Å². The third kappa shape index (κ3) is 5.81. The molecule has 0 unspecified atom stereocenters. The summed E-state index contributed by atoms with van der Waals surface area (Å²) < 4.78 is 5.54. The summed E-state index contributed by atoms with van der Waals surface area (Å²) in [6.07, 6.45) is 3.83. The highest BCUT2D eigenvalue weighted by Gasteiger charge is 2.09. The van der Waals surface area contributed by atoms with E-state index in [1.807, 2.05) is 0 Å². The van der Waals surface area contributed by atoms with Crippen molar-refractivity contribution >= 4 is 17.8 Å². The van der Waals surface area contributed by atoms with Crippen LogP contribution in [-0.4, -0.2) is 12.8 Å². The van der Waals surface area contributed by atoms with Crippen molar-refractivity contribution in [2.75, 3.05) is 6.61 Å². The molecule has 0 aromatic rings. The van der Waals surface area contributed by atoms with Crippen molar-refractivity contribution in [2.45, 2.75) is 33.6 Å². The van der Waals surface area contributed by atoms with Gasteiger partial charge in [-0.15, -0.1) is 0 Å². The fourth-order valence-corrected chi connectivity index (χ4v) is 1.53. The van der Waals surface area contributed by atoms with E-state index < -0.39 is 0 Å². The minimum atomic E-state index is 0.249. The van der Waals surface area contributed by atoms with Gasteiger partial charge in [-0.1, -0.05) is 38.4 Å². The van der Waals surface area contributed by atoms with Crippen molar-refractivity contribution < 1.29 is 4.74 Å². The maximum atomic E-state index is 5.92. The van der Waals surface area contributed by atoms with E-state index in [2.05, 4.69) is 25.4 Å². The molecule has 0 aromatic carbocycles. The molecule has 4 heteroatoms. The van der Waals surface area contributed by atoms with Crippen molar-refractivity contribution in [3.8, 4) is 0 Å². The lowest BCUT2D eigenvalue weighted by atomic mass is 10.1. The van der Waals surface area contributed by atoms with E-state index in [9.17, 15) is 0 Å². The average molecular weight is 245 g/mol. The molecule has 0 amide bonds. The molecular weight excluding hydrogens is 224 g/mol. The van der Waals surface area contributed by atoms with Crippen LogP contribution in [0, 0.1) is 5.92 Å². The van der Waals surface area contributed by atoms with Gasteiger partial charge in [0.05, 0.1) is 12.3 Å². The summed E-state index contributed by atoms with van der Waals surface area (Å²) in [5.74, 6) is 0.845. The van der Waals surface area contributed by atoms with Crippen molar-refractivity contribution in [3.05, 3.63) is 23.2 Å². The van der Waals surface area contributed by atoms with Gasteiger partial charge in [-0.25, -0.2) is 4.99 Å². The second-order valence-electron chi connectivity index (χ2n) is 3.74. The summed E-state index contributed by atoms with van der Waals surface area (Å²) in [5.41, 5.74) is 5.90. The fourth-order valence-electron chi connectivity index (χ4n) is 1.26. The van der Waals surface area contributed by atoms with Gasteiger partial charge in [0.25, 0.3) is 0 Å². The Balaban J connectivity index is 4.48. The van der Waals surface area contributed by atoms with Crippen molar-refractivity contribution in [3.63, 3.8) is 0 Å². The molecule has 0 aliphatic carbocycles. The molecule has 92 valence electrons. The van der Waals surface area contributed by atoms with Gasteiger partial charge in [0.15, 0.2) is 10.9 Å². The van der Waals surface area contributed by atoms with Gasteiger partial charge < -0.3 is 10.5 Å². The van der Waals surface area contributed by atoms with E-state index in [1.54, 1.807) is 13.1 Å². The lowest BCUT2D eigenvalue weighted by molar-refractivity contribution is 0.172. The lowest BCUT2D eigenvalue weighted by Crippen LogP contribution is -2.10. The number of nitrogens with zero attached hydrogens (tertiary/aromatic N) is 1. The van der Waals surface area contributed by atoms with Crippen LogP contribution in [0.5, 0.6) is 0 Å². The number of ether oxygens (including phenoxy) is 1. The van der Waals surface area contributed by atoms with Gasteiger partial charge in [-0.3, -0.25) is 0 Å². The quantitative estimate of drug-likeness (QED) is 0.323.